The van der Waals surface area contributed by atoms with Gasteiger partial charge in [0.25, 0.3) is 0 Å². The molecule has 0 bridgehead atoms. The third-order valence-electron chi connectivity index (χ3n) is 5.62. The van der Waals surface area contributed by atoms with Gasteiger partial charge in [0.15, 0.2) is 5.78 Å². The molecule has 0 N–H and O–H groups in total. The van der Waals surface area contributed by atoms with Crippen LogP contribution in [0.4, 0.5) is 4.79 Å². The average molecular weight is 406 g/mol. The van der Waals surface area contributed by atoms with Crippen molar-refractivity contribution in [1.82, 2.24) is 4.90 Å². The fraction of sp³-hybridized carbons (Fsp3) is 0.524. The normalized spacial score (nSPS) is 26.1. The van der Waals surface area contributed by atoms with Gasteiger partial charge in [0.05, 0.1) is 19.6 Å². The zero-order valence-corrected chi connectivity index (χ0v) is 16.6. The predicted octanol–water partition coefficient (Wildman–Crippen LogP) is 4.24. The zero-order valence-electron chi connectivity index (χ0n) is 15.9. The number of carbonyl (C=O) groups excluding carboxylic acids is 2. The van der Waals surface area contributed by atoms with Gasteiger partial charge in [0.1, 0.15) is 24.2 Å². The monoisotopic (exact) mass is 405 g/mol. The van der Waals surface area contributed by atoms with Gasteiger partial charge in [-0.2, -0.15) is 0 Å². The van der Waals surface area contributed by atoms with E-state index in [0.29, 0.717) is 30.4 Å². The third-order valence-corrected chi connectivity index (χ3v) is 5.85. The number of Topliss-reactive ketones (excluding diaryl/α,β-unsaturated/α-hetero) is 1. The Morgan fingerprint density at radius 3 is 2.93 bits per heavy atom. The van der Waals surface area contributed by atoms with E-state index in [-0.39, 0.29) is 36.5 Å². The Bertz CT molecular complexity index is 808. The summed E-state index contributed by atoms with van der Waals surface area (Å²) in [6.45, 7) is 3.24. The molecule has 1 aromatic rings. The minimum Gasteiger partial charge on any atom is -0.494 e. The van der Waals surface area contributed by atoms with E-state index in [4.69, 9.17) is 25.8 Å². The van der Waals surface area contributed by atoms with Gasteiger partial charge in [0, 0.05) is 17.5 Å². The SMILES string of the molecule is CC(CC1CCC2=C(CC(=O)CO2)OC1)N1CC(c2cccc(Cl)c2)OC1=O. The molecule has 3 atom stereocenters. The first-order valence-corrected chi connectivity index (χ1v) is 10.1. The van der Waals surface area contributed by atoms with Crippen molar-refractivity contribution in [2.75, 3.05) is 19.8 Å². The Balaban J connectivity index is 1.34. The third kappa shape index (κ3) is 4.12. The van der Waals surface area contributed by atoms with E-state index in [9.17, 15) is 9.59 Å². The van der Waals surface area contributed by atoms with E-state index in [1.165, 1.54) is 0 Å². The van der Waals surface area contributed by atoms with Crippen molar-refractivity contribution in [3.8, 4) is 0 Å². The van der Waals surface area contributed by atoms with Crippen LogP contribution in [0.1, 0.15) is 44.3 Å². The lowest BCUT2D eigenvalue weighted by molar-refractivity contribution is -0.124. The van der Waals surface area contributed by atoms with Crippen molar-refractivity contribution in [2.24, 2.45) is 5.92 Å². The predicted molar refractivity (Wildman–Crippen MR) is 103 cm³/mol. The molecular formula is C21H24ClNO5. The number of nitrogens with zero attached hydrogens (tertiary/aromatic N) is 1. The number of hydrogen-bond donors (Lipinski definition) is 0. The van der Waals surface area contributed by atoms with Crippen LogP contribution < -0.4 is 0 Å². The Morgan fingerprint density at radius 1 is 1.25 bits per heavy atom. The van der Waals surface area contributed by atoms with Gasteiger partial charge >= 0.3 is 6.09 Å². The largest absolute Gasteiger partial charge is 0.494 e. The molecule has 3 unspecified atom stereocenters. The van der Waals surface area contributed by atoms with Crippen molar-refractivity contribution in [3.05, 3.63) is 46.4 Å². The van der Waals surface area contributed by atoms with Crippen LogP contribution in [0.15, 0.2) is 35.8 Å². The van der Waals surface area contributed by atoms with Gasteiger partial charge in [-0.3, -0.25) is 4.79 Å². The summed E-state index contributed by atoms with van der Waals surface area (Å²) in [5.74, 6) is 1.85. The standard InChI is InChI=1S/C21H24ClNO5/c1-13(7-14-5-6-18-19(26-11-14)9-17(24)12-27-18)23-10-20(28-21(23)25)15-3-2-4-16(22)8-15/h2-4,8,13-14,20H,5-7,9-12H2,1H3. The van der Waals surface area contributed by atoms with E-state index in [1.54, 1.807) is 11.0 Å². The highest BCUT2D eigenvalue weighted by Crippen LogP contribution is 2.33. The molecule has 0 aromatic heterocycles. The number of cyclic esters (lactones) is 1. The van der Waals surface area contributed by atoms with E-state index >= 15 is 0 Å². The molecule has 1 saturated heterocycles. The zero-order chi connectivity index (χ0) is 19.7. The molecule has 1 aromatic carbocycles. The van der Waals surface area contributed by atoms with E-state index in [1.807, 2.05) is 25.1 Å². The minimum atomic E-state index is -0.299. The lowest BCUT2D eigenvalue weighted by Crippen LogP contribution is -2.36. The molecule has 0 spiro atoms. The van der Waals surface area contributed by atoms with Crippen molar-refractivity contribution in [3.63, 3.8) is 0 Å². The maximum Gasteiger partial charge on any atom is 0.410 e. The first-order valence-electron chi connectivity index (χ1n) is 9.71. The molecule has 1 fully saturated rings. The van der Waals surface area contributed by atoms with Crippen LogP contribution in [0.2, 0.25) is 5.02 Å². The lowest BCUT2D eigenvalue weighted by atomic mass is 9.95. The average Bonchev–Trinajstić information content (AvgIpc) is 2.95. The topological polar surface area (TPSA) is 65.1 Å². The molecular weight excluding hydrogens is 382 g/mol. The van der Waals surface area contributed by atoms with Crippen molar-refractivity contribution in [1.29, 1.82) is 0 Å². The summed E-state index contributed by atoms with van der Waals surface area (Å²) in [4.78, 5) is 25.8. The quantitative estimate of drug-likeness (QED) is 0.749. The number of ketones is 1. The minimum absolute atomic E-state index is 0.0305. The van der Waals surface area contributed by atoms with E-state index in [0.717, 1.165) is 30.6 Å². The van der Waals surface area contributed by atoms with E-state index < -0.39 is 0 Å². The second-order valence-corrected chi connectivity index (χ2v) is 8.17. The Hall–Kier alpha value is -2.21. The van der Waals surface area contributed by atoms with Crippen LogP contribution in [0, 0.1) is 5.92 Å². The highest BCUT2D eigenvalue weighted by molar-refractivity contribution is 6.30. The number of carbonyl (C=O) groups is 2. The van der Waals surface area contributed by atoms with Gasteiger partial charge in [0.2, 0.25) is 0 Å². The maximum absolute atomic E-state index is 12.4. The van der Waals surface area contributed by atoms with Gasteiger partial charge in [-0.05, 0) is 43.4 Å². The molecule has 7 heteroatoms. The molecule has 3 aliphatic rings. The van der Waals surface area contributed by atoms with Crippen LogP contribution in [0.3, 0.4) is 0 Å². The van der Waals surface area contributed by atoms with Crippen molar-refractivity contribution in [2.45, 2.75) is 44.8 Å². The number of rotatable bonds is 4. The number of ether oxygens (including phenoxy) is 3. The summed E-state index contributed by atoms with van der Waals surface area (Å²) in [7, 11) is 0. The first-order chi connectivity index (χ1) is 13.5. The van der Waals surface area contributed by atoms with Crippen molar-refractivity contribution < 1.29 is 23.8 Å². The summed E-state index contributed by atoms with van der Waals surface area (Å²) < 4.78 is 17.0. The smallest absolute Gasteiger partial charge is 0.410 e. The number of amides is 1. The molecule has 3 heterocycles. The Labute approximate surface area is 169 Å². The summed E-state index contributed by atoms with van der Waals surface area (Å²) in [6, 6.07) is 7.46. The molecule has 0 saturated carbocycles. The molecule has 0 aliphatic carbocycles. The number of benzene rings is 1. The molecule has 0 radical (unpaired) electrons. The lowest BCUT2D eigenvalue weighted by Gasteiger charge is -2.26. The van der Waals surface area contributed by atoms with Gasteiger partial charge < -0.3 is 19.1 Å². The van der Waals surface area contributed by atoms with Crippen LogP contribution in [-0.4, -0.2) is 42.6 Å². The molecule has 4 rings (SSSR count). The second-order valence-electron chi connectivity index (χ2n) is 7.73. The molecule has 28 heavy (non-hydrogen) atoms. The summed E-state index contributed by atoms with van der Waals surface area (Å²) in [6.07, 6.45) is 2.24. The molecule has 6 nitrogen and oxygen atoms in total. The fourth-order valence-corrected chi connectivity index (χ4v) is 4.27. The van der Waals surface area contributed by atoms with Crippen molar-refractivity contribution >= 4 is 23.5 Å². The number of hydrogen-bond acceptors (Lipinski definition) is 5. The van der Waals surface area contributed by atoms with Crippen LogP contribution in [0.25, 0.3) is 0 Å². The summed E-state index contributed by atoms with van der Waals surface area (Å²) >= 11 is 6.06. The van der Waals surface area contributed by atoms with Gasteiger partial charge in [-0.15, -0.1) is 0 Å². The van der Waals surface area contributed by atoms with Crippen LogP contribution >= 0.6 is 11.6 Å². The number of allylic oxidation sites excluding steroid dienone is 2. The number of halogens is 1. The Kier molecular flexibility index (Phi) is 5.49. The Morgan fingerprint density at radius 2 is 2.11 bits per heavy atom. The molecule has 3 aliphatic heterocycles. The molecule has 1 amide bonds. The highest BCUT2D eigenvalue weighted by Gasteiger charge is 2.36. The highest BCUT2D eigenvalue weighted by atomic mass is 35.5. The summed E-state index contributed by atoms with van der Waals surface area (Å²) in [5.41, 5.74) is 0.909. The van der Waals surface area contributed by atoms with Crippen LogP contribution in [0.5, 0.6) is 0 Å². The molecule has 150 valence electrons. The van der Waals surface area contributed by atoms with Gasteiger partial charge in [-0.25, -0.2) is 4.79 Å². The van der Waals surface area contributed by atoms with Crippen LogP contribution in [-0.2, 0) is 19.0 Å². The fourth-order valence-electron chi connectivity index (χ4n) is 4.07. The second kappa shape index (κ2) is 8.03. The van der Waals surface area contributed by atoms with E-state index in [2.05, 4.69) is 0 Å². The summed E-state index contributed by atoms with van der Waals surface area (Å²) in [5, 5.41) is 0.632. The maximum atomic E-state index is 12.4. The first kappa shape index (κ1) is 19.1. The van der Waals surface area contributed by atoms with Gasteiger partial charge in [-0.1, -0.05) is 23.7 Å².